The van der Waals surface area contributed by atoms with Gasteiger partial charge in [0.2, 0.25) is 0 Å². The van der Waals surface area contributed by atoms with Gasteiger partial charge in [-0.15, -0.1) is 0 Å². The summed E-state index contributed by atoms with van der Waals surface area (Å²) in [6.07, 6.45) is 0. The minimum atomic E-state index is 0.560. The lowest BCUT2D eigenvalue weighted by Crippen LogP contribution is -1.96. The van der Waals surface area contributed by atoms with E-state index in [0.29, 0.717) is 13.2 Å². The molecule has 0 aromatic carbocycles. The highest BCUT2D eigenvalue weighted by molar-refractivity contribution is 4.34. The maximum atomic E-state index is 4.78. The fourth-order valence-corrected chi connectivity index (χ4v) is 0.225. The molecule has 0 aliphatic rings. The largest absolute Gasteiger partial charge is 0.377 e. The molecular weight excluding hydrogens is 92.1 g/mol. The maximum absolute atomic E-state index is 4.78. The van der Waals surface area contributed by atoms with E-state index in [1.54, 1.807) is 6.61 Å². The lowest BCUT2D eigenvalue weighted by Gasteiger charge is -1.95. The monoisotopic (exact) mass is 102 g/mol. The third-order valence-electron chi connectivity index (χ3n) is 0.512. The quantitative estimate of drug-likeness (QED) is 0.493. The van der Waals surface area contributed by atoms with Crippen molar-refractivity contribution in [1.82, 2.24) is 0 Å². The topological polar surface area (TPSA) is 18.5 Å². The van der Waals surface area contributed by atoms with Crippen molar-refractivity contribution in [2.45, 2.75) is 6.92 Å². The van der Waals surface area contributed by atoms with Gasteiger partial charge in [0, 0.05) is 0 Å². The van der Waals surface area contributed by atoms with Crippen LogP contribution in [0.4, 0.5) is 0 Å². The zero-order chi connectivity index (χ0) is 5.54. The summed E-state index contributed by atoms with van der Waals surface area (Å²) in [5.74, 6) is 0. The Hall–Kier alpha value is -0.0800. The average Bonchev–Trinajstić information content (AvgIpc) is 1.69. The standard InChI is InChI=1S/C5H10O2/c1-3-7-5-4-6-2/h3H,2,4-5H2,1H3. The van der Waals surface area contributed by atoms with E-state index in [2.05, 4.69) is 11.8 Å². The first-order valence-electron chi connectivity index (χ1n) is 2.18. The van der Waals surface area contributed by atoms with Crippen LogP contribution in [0.3, 0.4) is 0 Å². The van der Waals surface area contributed by atoms with E-state index in [9.17, 15) is 0 Å². The van der Waals surface area contributed by atoms with Crippen LogP contribution in [-0.4, -0.2) is 13.2 Å². The van der Waals surface area contributed by atoms with Gasteiger partial charge in [-0.1, -0.05) is 0 Å². The predicted octanol–water partition coefficient (Wildman–Crippen LogP) is 0.993. The second-order valence-electron chi connectivity index (χ2n) is 1.01. The van der Waals surface area contributed by atoms with Crippen molar-refractivity contribution in [3.05, 3.63) is 13.7 Å². The molecule has 0 aromatic rings. The zero-order valence-corrected chi connectivity index (χ0v) is 4.52. The smallest absolute Gasteiger partial charge is 0.0807 e. The van der Waals surface area contributed by atoms with Crippen LogP contribution in [0, 0.1) is 13.7 Å². The normalized spacial score (nSPS) is 9.43. The highest BCUT2D eigenvalue weighted by atomic mass is 16.5. The molecule has 2 nitrogen and oxygen atoms in total. The summed E-state index contributed by atoms with van der Waals surface area (Å²) in [7, 11) is 3.16. The first-order chi connectivity index (χ1) is 3.41. The molecule has 2 heteroatoms. The zero-order valence-electron chi connectivity index (χ0n) is 4.52. The van der Waals surface area contributed by atoms with Gasteiger partial charge >= 0.3 is 0 Å². The van der Waals surface area contributed by atoms with Crippen molar-refractivity contribution in [1.29, 1.82) is 0 Å². The summed E-state index contributed by atoms with van der Waals surface area (Å²) in [4.78, 5) is 0. The van der Waals surface area contributed by atoms with E-state index in [1.165, 1.54) is 0 Å². The summed E-state index contributed by atoms with van der Waals surface area (Å²) >= 11 is 0. The van der Waals surface area contributed by atoms with Crippen LogP contribution in [-0.2, 0) is 9.47 Å². The SMILES string of the molecule is [CH2]OCCO[CH]C. The Balaban J connectivity index is 2.45. The molecule has 0 rings (SSSR count). The Labute approximate surface area is 44.4 Å². The molecule has 0 aliphatic carbocycles. The summed E-state index contributed by atoms with van der Waals surface area (Å²) in [5.41, 5.74) is 0. The van der Waals surface area contributed by atoms with E-state index in [-0.39, 0.29) is 0 Å². The van der Waals surface area contributed by atoms with Gasteiger partial charge in [0.05, 0.1) is 26.9 Å². The van der Waals surface area contributed by atoms with Crippen molar-refractivity contribution in [3.63, 3.8) is 0 Å². The van der Waals surface area contributed by atoms with Crippen LogP contribution >= 0.6 is 0 Å². The number of ether oxygens (including phenoxy) is 2. The van der Waals surface area contributed by atoms with Crippen molar-refractivity contribution < 1.29 is 9.47 Å². The van der Waals surface area contributed by atoms with Crippen LogP contribution in [0.2, 0.25) is 0 Å². The third kappa shape index (κ3) is 5.92. The van der Waals surface area contributed by atoms with Crippen LogP contribution in [0.1, 0.15) is 6.92 Å². The van der Waals surface area contributed by atoms with Gasteiger partial charge in [0.25, 0.3) is 0 Å². The maximum Gasteiger partial charge on any atom is 0.0807 e. The molecule has 0 aliphatic heterocycles. The predicted molar refractivity (Wildman–Crippen MR) is 27.2 cm³/mol. The average molecular weight is 102 g/mol. The van der Waals surface area contributed by atoms with Gasteiger partial charge in [-0.2, -0.15) is 0 Å². The van der Waals surface area contributed by atoms with Crippen molar-refractivity contribution in [3.8, 4) is 0 Å². The highest BCUT2D eigenvalue weighted by Crippen LogP contribution is 1.77. The minimum Gasteiger partial charge on any atom is -0.377 e. The molecular formula is C5H10O2. The molecule has 0 atom stereocenters. The van der Waals surface area contributed by atoms with E-state index < -0.39 is 0 Å². The summed E-state index contributed by atoms with van der Waals surface area (Å²) in [6, 6.07) is 0. The molecule has 42 valence electrons. The Morgan fingerprint density at radius 3 is 2.71 bits per heavy atom. The van der Waals surface area contributed by atoms with Crippen LogP contribution in [0.25, 0.3) is 0 Å². The molecule has 0 saturated carbocycles. The van der Waals surface area contributed by atoms with E-state index in [4.69, 9.17) is 4.74 Å². The molecule has 2 radical (unpaired) electrons. The van der Waals surface area contributed by atoms with Crippen LogP contribution < -0.4 is 0 Å². The highest BCUT2D eigenvalue weighted by Gasteiger charge is 1.78. The molecule has 0 saturated heterocycles. The molecule has 0 heterocycles. The fraction of sp³-hybridized carbons (Fsp3) is 0.600. The fourth-order valence-electron chi connectivity index (χ4n) is 0.225. The first kappa shape index (κ1) is 6.92. The summed E-state index contributed by atoms with van der Waals surface area (Å²) in [6.45, 7) is 4.60. The van der Waals surface area contributed by atoms with Gasteiger partial charge in [-0.05, 0) is 6.92 Å². The molecule has 0 N–H and O–H groups in total. The van der Waals surface area contributed by atoms with E-state index in [1.807, 2.05) is 6.92 Å². The van der Waals surface area contributed by atoms with Gasteiger partial charge in [-0.3, -0.25) is 0 Å². The Morgan fingerprint density at radius 1 is 1.57 bits per heavy atom. The Morgan fingerprint density at radius 2 is 2.29 bits per heavy atom. The lowest BCUT2D eigenvalue weighted by atomic mass is 10.7. The molecule has 0 bridgehead atoms. The van der Waals surface area contributed by atoms with Gasteiger partial charge < -0.3 is 9.47 Å². The Kier molecular flexibility index (Phi) is 5.85. The summed E-state index contributed by atoms with van der Waals surface area (Å²) < 4.78 is 9.23. The second-order valence-corrected chi connectivity index (χ2v) is 1.01. The van der Waals surface area contributed by atoms with Gasteiger partial charge in [-0.25, -0.2) is 0 Å². The molecule has 0 fully saturated rings. The second kappa shape index (κ2) is 5.92. The Bertz CT molecular complexity index is 25.3. The first-order valence-corrected chi connectivity index (χ1v) is 2.18. The summed E-state index contributed by atoms with van der Waals surface area (Å²) in [5, 5.41) is 0. The molecule has 0 aromatic heterocycles. The van der Waals surface area contributed by atoms with Crippen LogP contribution in [0.15, 0.2) is 0 Å². The molecule has 7 heavy (non-hydrogen) atoms. The lowest BCUT2D eigenvalue weighted by molar-refractivity contribution is 0.124. The molecule has 0 unspecified atom stereocenters. The number of hydrogen-bond donors (Lipinski definition) is 0. The van der Waals surface area contributed by atoms with Gasteiger partial charge in [0.1, 0.15) is 0 Å². The van der Waals surface area contributed by atoms with Crippen molar-refractivity contribution >= 4 is 0 Å². The molecule has 0 spiro atoms. The van der Waals surface area contributed by atoms with Crippen molar-refractivity contribution in [2.75, 3.05) is 13.2 Å². The van der Waals surface area contributed by atoms with Crippen molar-refractivity contribution in [2.24, 2.45) is 0 Å². The third-order valence-corrected chi connectivity index (χ3v) is 0.512. The minimum absolute atomic E-state index is 0.560. The number of hydrogen-bond acceptors (Lipinski definition) is 2. The molecule has 0 amide bonds. The van der Waals surface area contributed by atoms with Gasteiger partial charge in [0.15, 0.2) is 0 Å². The number of rotatable bonds is 4. The van der Waals surface area contributed by atoms with E-state index in [0.717, 1.165) is 0 Å². The van der Waals surface area contributed by atoms with E-state index >= 15 is 0 Å². The van der Waals surface area contributed by atoms with Crippen LogP contribution in [0.5, 0.6) is 0 Å².